The number of hydrogen-bond donors (Lipinski definition) is 1. The predicted molar refractivity (Wildman–Crippen MR) is 124 cm³/mol. The molecule has 4 rings (SSSR count). The molecule has 1 aliphatic heterocycles. The van der Waals surface area contributed by atoms with Crippen LogP contribution < -0.4 is 5.32 Å². The van der Waals surface area contributed by atoms with Crippen LogP contribution in [0.5, 0.6) is 0 Å². The Labute approximate surface area is 183 Å². The maximum Gasteiger partial charge on any atom is 0.252 e. The Kier molecular flexibility index (Phi) is 6.62. The molecule has 2 aromatic carbocycles. The summed E-state index contributed by atoms with van der Waals surface area (Å²) in [4.78, 5) is 20.2. The van der Waals surface area contributed by atoms with Crippen molar-refractivity contribution in [1.29, 1.82) is 0 Å². The number of aryl methyl sites for hydroxylation is 1. The highest BCUT2D eigenvalue weighted by atomic mass is 19.1. The summed E-state index contributed by atoms with van der Waals surface area (Å²) in [5, 5.41) is 3.91. The van der Waals surface area contributed by atoms with Crippen LogP contribution in [-0.4, -0.2) is 41.5 Å². The first-order valence-electron chi connectivity index (χ1n) is 11.2. The average Bonchev–Trinajstić information content (AvgIpc) is 2.77. The second-order valence-corrected chi connectivity index (χ2v) is 8.51. The van der Waals surface area contributed by atoms with Crippen molar-refractivity contribution in [2.75, 3.05) is 19.6 Å². The number of likely N-dealkylation sites (tertiary alicyclic amines) is 1. The van der Waals surface area contributed by atoms with Gasteiger partial charge in [0.25, 0.3) is 5.91 Å². The van der Waals surface area contributed by atoms with Gasteiger partial charge < -0.3 is 10.2 Å². The first kappa shape index (κ1) is 21.4. The Hall–Kier alpha value is -2.79. The maximum atomic E-state index is 13.4. The van der Waals surface area contributed by atoms with E-state index in [-0.39, 0.29) is 11.7 Å². The molecule has 1 fully saturated rings. The van der Waals surface area contributed by atoms with Gasteiger partial charge in [-0.2, -0.15) is 0 Å². The molecule has 1 unspecified atom stereocenters. The Bertz CT molecular complexity index is 1060. The standard InChI is InChI=1S/C26H30FN3O/c1-18-17-24(26(31)28-14-6-16-30-15-4-3-7-19(30)2)23-9-5-8-22(25(23)29-18)20-10-12-21(27)13-11-20/h5,8-13,17,19H,3-4,6-7,14-16H2,1-2H3,(H,28,31). The van der Waals surface area contributed by atoms with Gasteiger partial charge in [0.15, 0.2) is 0 Å². The lowest BCUT2D eigenvalue weighted by Gasteiger charge is -2.33. The summed E-state index contributed by atoms with van der Waals surface area (Å²) in [7, 11) is 0. The molecule has 0 aliphatic carbocycles. The van der Waals surface area contributed by atoms with E-state index in [0.717, 1.165) is 47.2 Å². The van der Waals surface area contributed by atoms with Gasteiger partial charge in [-0.25, -0.2) is 4.39 Å². The summed E-state index contributed by atoms with van der Waals surface area (Å²) in [6, 6.07) is 14.7. The number of amides is 1. The van der Waals surface area contributed by atoms with Crippen molar-refractivity contribution in [2.45, 2.75) is 45.6 Å². The lowest BCUT2D eigenvalue weighted by Crippen LogP contribution is -2.39. The molecule has 1 amide bonds. The Morgan fingerprint density at radius 3 is 2.77 bits per heavy atom. The normalized spacial score (nSPS) is 17.1. The lowest BCUT2D eigenvalue weighted by atomic mass is 9.98. The number of aromatic nitrogens is 1. The van der Waals surface area contributed by atoms with Crippen molar-refractivity contribution in [1.82, 2.24) is 15.2 Å². The van der Waals surface area contributed by atoms with Gasteiger partial charge in [0.2, 0.25) is 0 Å². The summed E-state index contributed by atoms with van der Waals surface area (Å²) in [5.74, 6) is -0.342. The predicted octanol–water partition coefficient (Wildman–Crippen LogP) is 5.34. The first-order valence-corrected chi connectivity index (χ1v) is 11.2. The third-order valence-electron chi connectivity index (χ3n) is 6.22. The van der Waals surface area contributed by atoms with Gasteiger partial charge in [0, 0.05) is 35.8 Å². The van der Waals surface area contributed by atoms with E-state index in [1.165, 1.54) is 31.4 Å². The van der Waals surface area contributed by atoms with Gasteiger partial charge >= 0.3 is 0 Å². The molecule has 3 aromatic rings. The van der Waals surface area contributed by atoms with Crippen molar-refractivity contribution in [2.24, 2.45) is 0 Å². The minimum absolute atomic E-state index is 0.0709. The number of carbonyl (C=O) groups excluding carboxylic acids is 1. The molecule has 1 saturated heterocycles. The monoisotopic (exact) mass is 419 g/mol. The molecule has 0 spiro atoms. The Morgan fingerprint density at radius 1 is 1.19 bits per heavy atom. The van der Waals surface area contributed by atoms with Crippen molar-refractivity contribution in [3.63, 3.8) is 0 Å². The summed E-state index contributed by atoms with van der Waals surface area (Å²) in [6.45, 7) is 7.03. The zero-order chi connectivity index (χ0) is 21.8. The van der Waals surface area contributed by atoms with Gasteiger partial charge in [0.05, 0.1) is 11.1 Å². The fraction of sp³-hybridized carbons (Fsp3) is 0.385. The number of piperidine rings is 1. The van der Waals surface area contributed by atoms with Gasteiger partial charge in [-0.15, -0.1) is 0 Å². The molecule has 4 nitrogen and oxygen atoms in total. The number of rotatable bonds is 6. The van der Waals surface area contributed by atoms with E-state index in [2.05, 4.69) is 17.1 Å². The molecule has 162 valence electrons. The van der Waals surface area contributed by atoms with E-state index in [1.54, 1.807) is 12.1 Å². The molecular formula is C26H30FN3O. The summed E-state index contributed by atoms with van der Waals surface area (Å²) in [6.07, 6.45) is 4.81. The molecular weight excluding hydrogens is 389 g/mol. The molecule has 31 heavy (non-hydrogen) atoms. The molecule has 0 radical (unpaired) electrons. The SMILES string of the molecule is Cc1cc(C(=O)NCCCN2CCCCC2C)c2cccc(-c3ccc(F)cc3)c2n1. The largest absolute Gasteiger partial charge is 0.352 e. The minimum atomic E-state index is -0.271. The molecule has 2 heterocycles. The molecule has 1 N–H and O–H groups in total. The zero-order valence-corrected chi connectivity index (χ0v) is 18.3. The molecule has 5 heteroatoms. The third kappa shape index (κ3) is 4.93. The van der Waals surface area contributed by atoms with Gasteiger partial charge in [-0.05, 0) is 63.4 Å². The van der Waals surface area contributed by atoms with Crippen LogP contribution in [0.25, 0.3) is 22.0 Å². The van der Waals surface area contributed by atoms with E-state index in [0.29, 0.717) is 18.2 Å². The van der Waals surface area contributed by atoms with Gasteiger partial charge in [-0.1, -0.05) is 36.8 Å². The Balaban J connectivity index is 1.51. The summed E-state index contributed by atoms with van der Waals surface area (Å²) in [5.41, 5.74) is 3.97. The fourth-order valence-corrected chi connectivity index (χ4v) is 4.50. The highest BCUT2D eigenvalue weighted by Gasteiger charge is 2.18. The molecule has 0 saturated carbocycles. The quantitative estimate of drug-likeness (QED) is 0.548. The number of nitrogens with zero attached hydrogens (tertiary/aromatic N) is 2. The van der Waals surface area contributed by atoms with Crippen molar-refractivity contribution < 1.29 is 9.18 Å². The molecule has 1 atom stereocenters. The molecule has 1 aliphatic rings. The van der Waals surface area contributed by atoms with E-state index in [9.17, 15) is 9.18 Å². The van der Waals surface area contributed by atoms with Crippen LogP contribution in [0.4, 0.5) is 4.39 Å². The number of hydrogen-bond acceptors (Lipinski definition) is 3. The van der Waals surface area contributed by atoms with E-state index >= 15 is 0 Å². The average molecular weight is 420 g/mol. The smallest absolute Gasteiger partial charge is 0.252 e. The van der Waals surface area contributed by atoms with Crippen molar-refractivity contribution in [3.8, 4) is 11.1 Å². The first-order chi connectivity index (χ1) is 15.0. The van der Waals surface area contributed by atoms with Crippen molar-refractivity contribution >= 4 is 16.8 Å². The highest BCUT2D eigenvalue weighted by Crippen LogP contribution is 2.30. The second kappa shape index (κ2) is 9.56. The number of carbonyl (C=O) groups is 1. The van der Waals surface area contributed by atoms with Crippen LogP contribution >= 0.6 is 0 Å². The maximum absolute atomic E-state index is 13.4. The van der Waals surface area contributed by atoms with Crippen LogP contribution in [0.15, 0.2) is 48.5 Å². The van der Waals surface area contributed by atoms with E-state index in [4.69, 9.17) is 4.98 Å². The fourth-order valence-electron chi connectivity index (χ4n) is 4.50. The third-order valence-corrected chi connectivity index (χ3v) is 6.22. The van der Waals surface area contributed by atoms with Crippen molar-refractivity contribution in [3.05, 3.63) is 65.6 Å². The summed E-state index contributed by atoms with van der Waals surface area (Å²) >= 11 is 0. The molecule has 0 bridgehead atoms. The number of para-hydroxylation sites is 1. The van der Waals surface area contributed by atoms with E-state index < -0.39 is 0 Å². The van der Waals surface area contributed by atoms with Crippen LogP contribution in [0.1, 0.15) is 48.7 Å². The Morgan fingerprint density at radius 2 is 2.00 bits per heavy atom. The minimum Gasteiger partial charge on any atom is -0.352 e. The van der Waals surface area contributed by atoms with Crippen LogP contribution in [-0.2, 0) is 0 Å². The summed E-state index contributed by atoms with van der Waals surface area (Å²) < 4.78 is 13.4. The number of halogens is 1. The number of fused-ring (bicyclic) bond motifs is 1. The van der Waals surface area contributed by atoms with Gasteiger partial charge in [-0.3, -0.25) is 9.78 Å². The van der Waals surface area contributed by atoms with E-state index in [1.807, 2.05) is 31.2 Å². The number of benzene rings is 2. The second-order valence-electron chi connectivity index (χ2n) is 8.51. The van der Waals surface area contributed by atoms with Crippen LogP contribution in [0, 0.1) is 12.7 Å². The van der Waals surface area contributed by atoms with Crippen LogP contribution in [0.2, 0.25) is 0 Å². The topological polar surface area (TPSA) is 45.2 Å². The van der Waals surface area contributed by atoms with Crippen LogP contribution in [0.3, 0.4) is 0 Å². The lowest BCUT2D eigenvalue weighted by molar-refractivity contribution is 0.0950. The molecule has 1 aromatic heterocycles. The highest BCUT2D eigenvalue weighted by molar-refractivity contribution is 6.09. The zero-order valence-electron chi connectivity index (χ0n) is 18.3. The number of pyridine rings is 1. The van der Waals surface area contributed by atoms with Gasteiger partial charge in [0.1, 0.15) is 5.82 Å². The number of nitrogens with one attached hydrogen (secondary N) is 1.